The minimum atomic E-state index is -1.42. The highest BCUT2D eigenvalue weighted by Gasteiger charge is 2.81. The van der Waals surface area contributed by atoms with Crippen LogP contribution in [0.5, 0.6) is 0 Å². The van der Waals surface area contributed by atoms with Crippen LogP contribution in [0.1, 0.15) is 59.3 Å². The zero-order valence-electron chi connectivity index (χ0n) is 23.7. The molecule has 3 aliphatic heterocycles. The van der Waals surface area contributed by atoms with E-state index in [1.54, 1.807) is 14.0 Å². The summed E-state index contributed by atoms with van der Waals surface area (Å²) in [6.07, 6.45) is 1.23. The average molecular weight is 563 g/mol. The first-order chi connectivity index (χ1) is 18.9. The van der Waals surface area contributed by atoms with Gasteiger partial charge < -0.3 is 39.0 Å². The molecular weight excluding hydrogens is 520 g/mol. The number of rotatable bonds is 4. The van der Waals surface area contributed by atoms with E-state index in [1.807, 2.05) is 6.92 Å². The highest BCUT2D eigenvalue weighted by molar-refractivity contribution is 5.94. The summed E-state index contributed by atoms with van der Waals surface area (Å²) in [5, 5.41) is 34.6. The van der Waals surface area contributed by atoms with Crippen LogP contribution in [-0.2, 0) is 33.3 Å². The number of esters is 1. The minimum Gasteiger partial charge on any atom is -0.458 e. The van der Waals surface area contributed by atoms with Gasteiger partial charge >= 0.3 is 5.97 Å². The third-order valence-corrected chi connectivity index (χ3v) is 12.4. The molecule has 0 aromatic carbocycles. The van der Waals surface area contributed by atoms with Gasteiger partial charge in [0, 0.05) is 37.4 Å². The molecule has 40 heavy (non-hydrogen) atoms. The van der Waals surface area contributed by atoms with Gasteiger partial charge in [-0.2, -0.15) is 0 Å². The van der Waals surface area contributed by atoms with Gasteiger partial charge in [0.25, 0.3) is 0 Å². The second-order valence-electron chi connectivity index (χ2n) is 13.9. The molecule has 6 fully saturated rings. The molecule has 0 spiro atoms. The number of ketones is 1. The van der Waals surface area contributed by atoms with Gasteiger partial charge in [-0.3, -0.25) is 4.79 Å². The van der Waals surface area contributed by atoms with Crippen LogP contribution >= 0.6 is 0 Å². The molecule has 3 heterocycles. The summed E-state index contributed by atoms with van der Waals surface area (Å²) in [6.45, 7) is 5.86. The molecule has 3 N–H and O–H groups in total. The van der Waals surface area contributed by atoms with E-state index < -0.39 is 59.5 Å². The van der Waals surface area contributed by atoms with Crippen molar-refractivity contribution >= 4 is 11.8 Å². The maximum absolute atomic E-state index is 14.2. The number of aliphatic hydroxyl groups excluding tert-OH is 2. The van der Waals surface area contributed by atoms with Gasteiger partial charge in [-0.15, -0.1) is 0 Å². The Labute approximate surface area is 234 Å². The molecule has 10 heteroatoms. The molecule has 4 aliphatic carbocycles. The number of Topliss-reactive ketones (excluding diaryl/α,β-unsaturated/α-hetero) is 1. The number of ether oxygens (including phenoxy) is 5. The molecule has 0 unspecified atom stereocenters. The van der Waals surface area contributed by atoms with Crippen LogP contribution in [0.4, 0.5) is 0 Å². The van der Waals surface area contributed by atoms with Crippen molar-refractivity contribution in [2.24, 2.45) is 34.5 Å². The standard InChI is InChI=1S/C30H42O10/c1-13-25(32)19(36-4)11-22(38-13)39-16-5-6-28(2)15(8-16)9-18-23-24(28)26(33)27(34)29(3)17(14-7-21(31)37-12-14)10-20(40-18)30(23,29)35/h7,13,15-20,22-26,32-33,35H,5-6,8-12H2,1-4H3/t13-,15-,16+,17+,18+,19+,20-,22-,23+,24+,25+,26-,28-,29-,30+/m0/s1. The van der Waals surface area contributed by atoms with E-state index in [0.29, 0.717) is 18.4 Å². The Hall–Kier alpha value is -1.40. The molecule has 7 rings (SSSR count). The number of hydrogen-bond acceptors (Lipinski definition) is 10. The molecule has 0 bridgehead atoms. The Morgan fingerprint density at radius 1 is 1.05 bits per heavy atom. The second-order valence-corrected chi connectivity index (χ2v) is 13.9. The second kappa shape index (κ2) is 9.05. The first-order valence-corrected chi connectivity index (χ1v) is 14.9. The van der Waals surface area contributed by atoms with Crippen LogP contribution in [0.3, 0.4) is 0 Å². The third kappa shape index (κ3) is 3.41. The lowest BCUT2D eigenvalue weighted by molar-refractivity contribution is -0.274. The van der Waals surface area contributed by atoms with Crippen molar-refractivity contribution in [2.45, 2.75) is 114 Å². The first-order valence-electron chi connectivity index (χ1n) is 14.9. The van der Waals surface area contributed by atoms with Crippen molar-refractivity contribution in [3.05, 3.63) is 11.6 Å². The van der Waals surface area contributed by atoms with Crippen LogP contribution in [0.2, 0.25) is 0 Å². The fourth-order valence-electron chi connectivity index (χ4n) is 10.3. The SMILES string of the molecule is CO[C@@H]1C[C@H](O[C@@H]2CC[C@@]3(C)[C@@H](C2)C[C@H]2O[C@H]4C[C@H](C5=CC(=O)OC5)[C@@]5(C)C(=O)[C@@H](O)[C@H]3[C@@H]2[C@]45O)O[C@@H](C)[C@H]1O. The summed E-state index contributed by atoms with van der Waals surface area (Å²) < 4.78 is 29.6. The van der Waals surface area contributed by atoms with Gasteiger partial charge in [0.2, 0.25) is 0 Å². The zero-order valence-corrected chi connectivity index (χ0v) is 23.7. The summed E-state index contributed by atoms with van der Waals surface area (Å²) in [6, 6.07) is 0. The minimum absolute atomic E-state index is 0.0681. The Kier molecular flexibility index (Phi) is 6.21. The quantitative estimate of drug-likeness (QED) is 0.339. The lowest BCUT2D eigenvalue weighted by Crippen LogP contribution is -2.72. The van der Waals surface area contributed by atoms with Crippen LogP contribution in [0.25, 0.3) is 0 Å². The van der Waals surface area contributed by atoms with Gasteiger partial charge in [-0.1, -0.05) is 6.92 Å². The fraction of sp³-hybridized carbons (Fsp3) is 0.867. The van der Waals surface area contributed by atoms with Crippen molar-refractivity contribution in [1.82, 2.24) is 0 Å². The van der Waals surface area contributed by atoms with Crippen molar-refractivity contribution in [2.75, 3.05) is 13.7 Å². The predicted molar refractivity (Wildman–Crippen MR) is 138 cm³/mol. The van der Waals surface area contributed by atoms with Gasteiger partial charge in [-0.05, 0) is 62.9 Å². The maximum Gasteiger partial charge on any atom is 0.331 e. The monoisotopic (exact) mass is 562 g/mol. The summed E-state index contributed by atoms with van der Waals surface area (Å²) in [5.74, 6) is -1.86. The Morgan fingerprint density at radius 3 is 2.52 bits per heavy atom. The Morgan fingerprint density at radius 2 is 1.82 bits per heavy atom. The van der Waals surface area contributed by atoms with E-state index in [0.717, 1.165) is 25.7 Å². The summed E-state index contributed by atoms with van der Waals surface area (Å²) in [5.41, 5.74) is -2.34. The van der Waals surface area contributed by atoms with Gasteiger partial charge in [-0.25, -0.2) is 4.79 Å². The topological polar surface area (TPSA) is 141 Å². The van der Waals surface area contributed by atoms with Crippen LogP contribution < -0.4 is 0 Å². The summed E-state index contributed by atoms with van der Waals surface area (Å²) in [7, 11) is 1.58. The smallest absolute Gasteiger partial charge is 0.331 e. The van der Waals surface area contributed by atoms with E-state index in [-0.39, 0.29) is 48.0 Å². The van der Waals surface area contributed by atoms with Crippen LogP contribution in [0.15, 0.2) is 11.6 Å². The van der Waals surface area contributed by atoms with Crippen molar-refractivity contribution in [3.63, 3.8) is 0 Å². The zero-order chi connectivity index (χ0) is 28.4. The van der Waals surface area contributed by atoms with E-state index >= 15 is 0 Å². The maximum atomic E-state index is 14.2. The summed E-state index contributed by atoms with van der Waals surface area (Å²) in [4.78, 5) is 26.0. The lowest BCUT2D eigenvalue weighted by Gasteiger charge is -2.63. The van der Waals surface area contributed by atoms with E-state index in [1.165, 1.54) is 6.08 Å². The highest BCUT2D eigenvalue weighted by Crippen LogP contribution is 2.72. The first kappa shape index (κ1) is 27.4. The van der Waals surface area contributed by atoms with Crippen LogP contribution in [-0.4, -0.2) is 95.4 Å². The lowest BCUT2D eigenvalue weighted by atomic mass is 9.42. The number of fused-ring (bicyclic) bond motifs is 2. The average Bonchev–Trinajstić information content (AvgIpc) is 3.53. The summed E-state index contributed by atoms with van der Waals surface area (Å²) >= 11 is 0. The molecule has 7 aliphatic rings. The van der Waals surface area contributed by atoms with E-state index in [2.05, 4.69) is 6.92 Å². The van der Waals surface area contributed by atoms with E-state index in [4.69, 9.17) is 23.7 Å². The van der Waals surface area contributed by atoms with Crippen molar-refractivity contribution in [1.29, 1.82) is 0 Å². The van der Waals surface area contributed by atoms with Gasteiger partial charge in [0.05, 0.1) is 35.9 Å². The Bertz CT molecular complexity index is 1120. The molecule has 2 saturated heterocycles. The normalized spacial score (nSPS) is 56.9. The van der Waals surface area contributed by atoms with E-state index in [9.17, 15) is 24.9 Å². The number of carbonyl (C=O) groups is 2. The molecule has 0 aromatic rings. The van der Waals surface area contributed by atoms with Crippen molar-refractivity contribution < 1.29 is 48.6 Å². The number of cyclic esters (lactones) is 1. The molecule has 15 atom stereocenters. The largest absolute Gasteiger partial charge is 0.458 e. The molecule has 4 saturated carbocycles. The van der Waals surface area contributed by atoms with Gasteiger partial charge in [0.15, 0.2) is 12.1 Å². The molecule has 10 nitrogen and oxygen atoms in total. The third-order valence-electron chi connectivity index (χ3n) is 12.4. The molecule has 222 valence electrons. The van der Waals surface area contributed by atoms with Crippen LogP contribution in [0, 0.1) is 34.5 Å². The number of methoxy groups -OCH3 is 1. The molecule has 0 amide bonds. The predicted octanol–water partition coefficient (Wildman–Crippen LogP) is 1.28. The number of carbonyl (C=O) groups excluding carboxylic acids is 2. The Balaban J connectivity index is 1.15. The molecule has 0 aromatic heterocycles. The molecular formula is C30H42O10. The fourth-order valence-corrected chi connectivity index (χ4v) is 10.3. The number of hydrogen-bond donors (Lipinski definition) is 3. The highest BCUT2D eigenvalue weighted by atomic mass is 16.7. The van der Waals surface area contributed by atoms with Gasteiger partial charge in [0.1, 0.15) is 24.4 Å². The molecule has 0 radical (unpaired) electrons. The number of aliphatic hydroxyl groups is 3. The van der Waals surface area contributed by atoms with Crippen molar-refractivity contribution in [3.8, 4) is 0 Å².